The zero-order valence-electron chi connectivity index (χ0n) is 14.7. The zero-order valence-corrected chi connectivity index (χ0v) is 14.7. The number of hydrogen-bond donors (Lipinski definition) is 3. The summed E-state index contributed by atoms with van der Waals surface area (Å²) in [6, 6.07) is 11.2. The smallest absolute Gasteiger partial charge is 0.251 e. The molecule has 5 nitrogen and oxygen atoms in total. The second-order valence-electron chi connectivity index (χ2n) is 7.00. The van der Waals surface area contributed by atoms with Crippen LogP contribution in [0, 0.1) is 0 Å². The van der Waals surface area contributed by atoms with Gasteiger partial charge in [0.1, 0.15) is 5.75 Å². The second kappa shape index (κ2) is 7.20. The van der Waals surface area contributed by atoms with Crippen molar-refractivity contribution < 1.29 is 9.90 Å². The summed E-state index contributed by atoms with van der Waals surface area (Å²) in [5.41, 5.74) is 5.03. The normalized spacial score (nSPS) is 16.4. The lowest BCUT2D eigenvalue weighted by molar-refractivity contribution is 0.0953. The lowest BCUT2D eigenvalue weighted by Gasteiger charge is -2.25. The summed E-state index contributed by atoms with van der Waals surface area (Å²) in [6.45, 7) is 0.670. The molecule has 26 heavy (non-hydrogen) atoms. The number of aryl methyl sites for hydroxylation is 1. The van der Waals surface area contributed by atoms with Crippen molar-refractivity contribution >= 4 is 16.9 Å². The Balaban J connectivity index is 1.31. The summed E-state index contributed by atoms with van der Waals surface area (Å²) in [6.07, 6.45) is 7.03. The number of phenolic OH excluding ortho intramolecular Hbond substituents is 1. The van der Waals surface area contributed by atoms with Crippen molar-refractivity contribution in [1.29, 1.82) is 0 Å². The monoisotopic (exact) mass is 349 g/mol. The fourth-order valence-electron chi connectivity index (χ4n) is 3.93. The predicted octanol–water partition coefficient (Wildman–Crippen LogP) is 3.90. The summed E-state index contributed by atoms with van der Waals surface area (Å²) in [4.78, 5) is 19.5. The van der Waals surface area contributed by atoms with Gasteiger partial charge in [0.25, 0.3) is 5.91 Å². The van der Waals surface area contributed by atoms with Gasteiger partial charge in [0.05, 0.1) is 17.4 Å². The van der Waals surface area contributed by atoms with Crippen molar-refractivity contribution in [2.24, 2.45) is 0 Å². The predicted molar refractivity (Wildman–Crippen MR) is 101 cm³/mol. The van der Waals surface area contributed by atoms with Crippen molar-refractivity contribution in [1.82, 2.24) is 15.3 Å². The lowest BCUT2D eigenvalue weighted by atomic mass is 9.80. The molecule has 0 saturated heterocycles. The van der Waals surface area contributed by atoms with Crippen LogP contribution in [0.1, 0.15) is 53.1 Å². The van der Waals surface area contributed by atoms with E-state index in [2.05, 4.69) is 21.4 Å². The Morgan fingerprint density at radius 3 is 3.12 bits per heavy atom. The van der Waals surface area contributed by atoms with Gasteiger partial charge in [-0.1, -0.05) is 6.07 Å². The third kappa shape index (κ3) is 3.43. The fourth-order valence-corrected chi connectivity index (χ4v) is 3.93. The van der Waals surface area contributed by atoms with E-state index in [0.717, 1.165) is 36.7 Å². The maximum Gasteiger partial charge on any atom is 0.251 e. The maximum atomic E-state index is 12.3. The molecule has 3 N–H and O–H groups in total. The minimum absolute atomic E-state index is 0.0459. The van der Waals surface area contributed by atoms with Crippen LogP contribution in [-0.4, -0.2) is 27.5 Å². The molecule has 1 aliphatic rings. The SMILES string of the molecule is O=C(NCCC[C@H]1CCCc2cc(O)ccc21)c1ccc2nc[nH]c2c1. The minimum Gasteiger partial charge on any atom is -0.508 e. The van der Waals surface area contributed by atoms with E-state index in [9.17, 15) is 9.90 Å². The number of carbonyl (C=O) groups excluding carboxylic acids is 1. The summed E-state index contributed by atoms with van der Waals surface area (Å²) in [5, 5.41) is 12.7. The number of imidazole rings is 1. The highest BCUT2D eigenvalue weighted by Gasteiger charge is 2.20. The van der Waals surface area contributed by atoms with E-state index in [4.69, 9.17) is 0 Å². The van der Waals surface area contributed by atoms with Gasteiger partial charge in [0.2, 0.25) is 0 Å². The van der Waals surface area contributed by atoms with E-state index in [1.54, 1.807) is 12.4 Å². The molecule has 0 aliphatic heterocycles. The number of rotatable bonds is 5. The Morgan fingerprint density at radius 2 is 2.19 bits per heavy atom. The Bertz CT molecular complexity index is 932. The van der Waals surface area contributed by atoms with Gasteiger partial charge in [-0.05, 0) is 79.5 Å². The van der Waals surface area contributed by atoms with Gasteiger partial charge in [-0.25, -0.2) is 4.98 Å². The van der Waals surface area contributed by atoms with Gasteiger partial charge >= 0.3 is 0 Å². The maximum absolute atomic E-state index is 12.3. The molecule has 0 fully saturated rings. The molecular weight excluding hydrogens is 326 g/mol. The number of fused-ring (bicyclic) bond motifs is 2. The van der Waals surface area contributed by atoms with Crippen LogP contribution in [-0.2, 0) is 6.42 Å². The number of nitrogens with zero attached hydrogens (tertiary/aromatic N) is 1. The topological polar surface area (TPSA) is 78.0 Å². The molecule has 0 radical (unpaired) electrons. The third-order valence-corrected chi connectivity index (χ3v) is 5.26. The molecule has 1 amide bonds. The molecule has 0 unspecified atom stereocenters. The summed E-state index contributed by atoms with van der Waals surface area (Å²) >= 11 is 0. The standard InChI is InChI=1S/C21H23N3O2/c25-17-7-8-18-14(3-1-4-15(18)11-17)5-2-10-22-21(26)16-6-9-19-20(12-16)24-13-23-19/h6-9,11-14,25H,1-5,10H2,(H,22,26)(H,23,24)/t14-/m1/s1. The van der Waals surface area contributed by atoms with Crippen LogP contribution >= 0.6 is 0 Å². The molecule has 2 aromatic carbocycles. The van der Waals surface area contributed by atoms with Crippen LogP contribution in [0.4, 0.5) is 0 Å². The van der Waals surface area contributed by atoms with E-state index in [-0.39, 0.29) is 5.91 Å². The second-order valence-corrected chi connectivity index (χ2v) is 7.00. The fraction of sp³-hybridized carbons (Fsp3) is 0.333. The molecule has 1 atom stereocenters. The van der Waals surface area contributed by atoms with Crippen LogP contribution in [0.5, 0.6) is 5.75 Å². The van der Waals surface area contributed by atoms with Crippen LogP contribution in [0.2, 0.25) is 0 Å². The third-order valence-electron chi connectivity index (χ3n) is 5.26. The van der Waals surface area contributed by atoms with Crippen molar-refractivity contribution in [3.8, 4) is 5.75 Å². The Morgan fingerprint density at radius 1 is 1.27 bits per heavy atom. The number of aromatic nitrogens is 2. The average molecular weight is 349 g/mol. The van der Waals surface area contributed by atoms with Crippen molar-refractivity contribution in [2.45, 2.75) is 38.0 Å². The molecule has 0 saturated carbocycles. The number of amides is 1. The van der Waals surface area contributed by atoms with Gasteiger partial charge < -0.3 is 15.4 Å². The molecule has 4 rings (SSSR count). The molecule has 1 aromatic heterocycles. The highest BCUT2D eigenvalue weighted by molar-refractivity contribution is 5.97. The number of aromatic amines is 1. The van der Waals surface area contributed by atoms with E-state index < -0.39 is 0 Å². The first-order valence-corrected chi connectivity index (χ1v) is 9.24. The number of benzene rings is 2. The molecule has 3 aromatic rings. The first-order chi connectivity index (χ1) is 12.7. The van der Waals surface area contributed by atoms with Gasteiger partial charge in [0.15, 0.2) is 0 Å². The van der Waals surface area contributed by atoms with E-state index in [1.807, 2.05) is 24.3 Å². The van der Waals surface area contributed by atoms with E-state index >= 15 is 0 Å². The Kier molecular flexibility index (Phi) is 4.61. The van der Waals surface area contributed by atoms with Gasteiger partial charge in [0, 0.05) is 12.1 Å². The number of phenols is 1. The van der Waals surface area contributed by atoms with Crippen molar-refractivity contribution in [2.75, 3.05) is 6.54 Å². The van der Waals surface area contributed by atoms with Crippen molar-refractivity contribution in [3.63, 3.8) is 0 Å². The van der Waals surface area contributed by atoms with Crippen molar-refractivity contribution in [3.05, 3.63) is 59.4 Å². The van der Waals surface area contributed by atoms with Gasteiger partial charge in [-0.3, -0.25) is 4.79 Å². The first kappa shape index (κ1) is 16.6. The number of hydrogen-bond acceptors (Lipinski definition) is 3. The number of carbonyl (C=O) groups is 1. The summed E-state index contributed by atoms with van der Waals surface area (Å²) in [7, 11) is 0. The molecule has 1 aliphatic carbocycles. The van der Waals surface area contributed by atoms with Crippen LogP contribution < -0.4 is 5.32 Å². The molecule has 5 heteroatoms. The molecular formula is C21H23N3O2. The van der Waals surface area contributed by atoms with Crippen LogP contribution in [0.15, 0.2) is 42.7 Å². The highest BCUT2D eigenvalue weighted by atomic mass is 16.3. The molecule has 1 heterocycles. The van der Waals surface area contributed by atoms with E-state index in [0.29, 0.717) is 23.8 Å². The van der Waals surface area contributed by atoms with E-state index in [1.165, 1.54) is 17.5 Å². The van der Waals surface area contributed by atoms with Crippen LogP contribution in [0.3, 0.4) is 0 Å². The summed E-state index contributed by atoms with van der Waals surface area (Å²) < 4.78 is 0. The average Bonchev–Trinajstić information content (AvgIpc) is 3.12. The first-order valence-electron chi connectivity index (χ1n) is 9.24. The molecule has 0 bridgehead atoms. The molecule has 134 valence electrons. The molecule has 0 spiro atoms. The quantitative estimate of drug-likeness (QED) is 0.611. The highest BCUT2D eigenvalue weighted by Crippen LogP contribution is 2.36. The van der Waals surface area contributed by atoms with Gasteiger partial charge in [-0.2, -0.15) is 0 Å². The number of aromatic hydroxyl groups is 1. The Labute approximate surface area is 152 Å². The minimum atomic E-state index is -0.0459. The largest absolute Gasteiger partial charge is 0.508 e. The van der Waals surface area contributed by atoms with Crippen LogP contribution in [0.25, 0.3) is 11.0 Å². The number of H-pyrrole nitrogens is 1. The lowest BCUT2D eigenvalue weighted by Crippen LogP contribution is -2.25. The zero-order chi connectivity index (χ0) is 17.9. The van der Waals surface area contributed by atoms with Gasteiger partial charge in [-0.15, -0.1) is 0 Å². The summed E-state index contributed by atoms with van der Waals surface area (Å²) in [5.74, 6) is 0.832. The Hall–Kier alpha value is -2.82. The number of nitrogens with one attached hydrogen (secondary N) is 2.